The van der Waals surface area contributed by atoms with Crippen LogP contribution in [0.4, 0.5) is 8.78 Å². The summed E-state index contributed by atoms with van der Waals surface area (Å²) in [6.45, 7) is 0.916. The van der Waals surface area contributed by atoms with E-state index >= 15 is 4.39 Å². The second-order valence-corrected chi connectivity index (χ2v) is 8.86. The Morgan fingerprint density at radius 3 is 2.30 bits per heavy atom. The van der Waals surface area contributed by atoms with E-state index in [1.807, 2.05) is 0 Å². The minimum Gasteiger partial charge on any atom is -0.337 e. The molecule has 1 aromatic carbocycles. The molecule has 30 heavy (non-hydrogen) atoms. The molecule has 9 heteroatoms. The van der Waals surface area contributed by atoms with Crippen molar-refractivity contribution in [2.45, 2.75) is 50.1 Å². The van der Waals surface area contributed by atoms with Gasteiger partial charge in [-0.3, -0.25) is 14.7 Å². The summed E-state index contributed by atoms with van der Waals surface area (Å²) in [6.07, 6.45) is 0.878. The van der Waals surface area contributed by atoms with Crippen LogP contribution in [-0.2, 0) is 23.6 Å². The number of benzene rings is 1. The summed E-state index contributed by atoms with van der Waals surface area (Å²) < 4.78 is 29.5. The normalized spacial score (nSPS) is 21.4. The maximum atomic E-state index is 15.4. The molecule has 5 rings (SSSR count). The zero-order valence-electron chi connectivity index (χ0n) is 16.3. The van der Waals surface area contributed by atoms with E-state index in [0.717, 1.165) is 0 Å². The summed E-state index contributed by atoms with van der Waals surface area (Å²) in [6, 6.07) is 6.70. The lowest BCUT2D eigenvalue weighted by atomic mass is 9.86. The van der Waals surface area contributed by atoms with Crippen LogP contribution in [0.5, 0.6) is 0 Å². The fourth-order valence-corrected chi connectivity index (χ4v) is 4.44. The van der Waals surface area contributed by atoms with Crippen molar-refractivity contribution in [1.82, 2.24) is 20.0 Å². The Bertz CT molecular complexity index is 1010. The van der Waals surface area contributed by atoms with Gasteiger partial charge in [0.05, 0.1) is 18.8 Å². The lowest BCUT2D eigenvalue weighted by Gasteiger charge is -2.36. The number of nitrogens with one attached hydrogen (secondary N) is 1. The summed E-state index contributed by atoms with van der Waals surface area (Å²) in [4.78, 5) is 28.3. The van der Waals surface area contributed by atoms with E-state index in [2.05, 4.69) is 10.2 Å². The molecule has 2 fully saturated rings. The minimum absolute atomic E-state index is 0.170. The Morgan fingerprint density at radius 2 is 1.67 bits per heavy atom. The zero-order valence-corrected chi connectivity index (χ0v) is 17.0. The van der Waals surface area contributed by atoms with Crippen molar-refractivity contribution >= 4 is 23.4 Å². The molecule has 0 radical (unpaired) electrons. The van der Waals surface area contributed by atoms with Crippen LogP contribution in [0.1, 0.15) is 53.0 Å². The van der Waals surface area contributed by atoms with Crippen LogP contribution < -0.4 is 0 Å². The first-order valence-electron chi connectivity index (χ1n) is 10.1. The van der Waals surface area contributed by atoms with Crippen molar-refractivity contribution in [3.05, 3.63) is 51.8 Å². The highest BCUT2D eigenvalue weighted by atomic mass is 35.5. The van der Waals surface area contributed by atoms with Gasteiger partial charge in [-0.1, -0.05) is 23.7 Å². The summed E-state index contributed by atoms with van der Waals surface area (Å²) in [7, 11) is 0. The molecule has 0 spiro atoms. The number of carbonyl (C=O) groups is 2. The van der Waals surface area contributed by atoms with Gasteiger partial charge in [-0.25, -0.2) is 8.78 Å². The first kappa shape index (κ1) is 19.5. The first-order valence-corrected chi connectivity index (χ1v) is 10.5. The van der Waals surface area contributed by atoms with Gasteiger partial charge in [-0.15, -0.1) is 0 Å². The third-order valence-corrected chi connectivity index (χ3v) is 6.67. The number of nitrogens with zero attached hydrogens (tertiary/aromatic N) is 3. The second kappa shape index (κ2) is 6.77. The topological polar surface area (TPSA) is 69.3 Å². The number of halogens is 3. The molecule has 2 aliphatic heterocycles. The molecule has 1 saturated carbocycles. The van der Waals surface area contributed by atoms with Crippen molar-refractivity contribution in [1.29, 1.82) is 0 Å². The maximum Gasteiger partial charge on any atom is 0.274 e. The maximum absolute atomic E-state index is 15.4. The second-order valence-electron chi connectivity index (χ2n) is 8.42. The molecule has 1 aromatic heterocycles. The van der Waals surface area contributed by atoms with Crippen LogP contribution in [0, 0.1) is 0 Å². The number of rotatable bonds is 3. The highest BCUT2D eigenvalue weighted by molar-refractivity contribution is 6.30. The van der Waals surface area contributed by atoms with E-state index in [0.29, 0.717) is 21.8 Å². The highest BCUT2D eigenvalue weighted by Gasteiger charge is 2.54. The lowest BCUT2D eigenvalue weighted by Crippen LogP contribution is -2.43. The molecule has 0 atom stereocenters. The summed E-state index contributed by atoms with van der Waals surface area (Å²) in [5, 5.41) is 7.49. The first-order chi connectivity index (χ1) is 14.3. The number of H-pyrrole nitrogens is 1. The molecule has 3 heterocycles. The van der Waals surface area contributed by atoms with Crippen molar-refractivity contribution in [2.24, 2.45) is 0 Å². The largest absolute Gasteiger partial charge is 0.337 e. The van der Waals surface area contributed by atoms with Crippen molar-refractivity contribution in [2.75, 3.05) is 13.1 Å². The third kappa shape index (κ3) is 3.17. The quantitative estimate of drug-likeness (QED) is 0.803. The lowest BCUT2D eigenvalue weighted by molar-refractivity contribution is -0.138. The zero-order chi connectivity index (χ0) is 21.1. The Labute approximate surface area is 177 Å². The van der Waals surface area contributed by atoms with E-state index in [4.69, 9.17) is 11.6 Å². The Balaban J connectivity index is 1.27. The van der Waals surface area contributed by atoms with Gasteiger partial charge < -0.3 is 9.80 Å². The van der Waals surface area contributed by atoms with Crippen LogP contribution in [-0.4, -0.2) is 50.6 Å². The monoisotopic (exact) mass is 434 g/mol. The number of carbonyl (C=O) groups excluding carboxylic acids is 2. The van der Waals surface area contributed by atoms with E-state index in [1.54, 1.807) is 29.2 Å². The van der Waals surface area contributed by atoms with Gasteiger partial charge in [0.15, 0.2) is 11.4 Å². The number of aromatic nitrogens is 2. The number of amides is 2. The van der Waals surface area contributed by atoms with Gasteiger partial charge in [-0.05, 0) is 30.5 Å². The van der Waals surface area contributed by atoms with E-state index in [1.165, 1.54) is 4.90 Å². The molecule has 2 amide bonds. The molecule has 158 valence electrons. The minimum atomic E-state index is -1.74. The van der Waals surface area contributed by atoms with Gasteiger partial charge >= 0.3 is 0 Å². The van der Waals surface area contributed by atoms with Gasteiger partial charge in [0.25, 0.3) is 11.8 Å². The number of aromatic amines is 1. The molecule has 1 N–H and O–H groups in total. The van der Waals surface area contributed by atoms with E-state index < -0.39 is 17.2 Å². The Morgan fingerprint density at radius 1 is 1.00 bits per heavy atom. The summed E-state index contributed by atoms with van der Waals surface area (Å²) in [5.41, 5.74) is -1.14. The van der Waals surface area contributed by atoms with Crippen molar-refractivity contribution in [3.63, 3.8) is 0 Å². The number of hydrogen-bond donors (Lipinski definition) is 1. The SMILES string of the molecule is O=C(c1n[nH]c2c1CN(C(=O)C1(F)CC1)C2)N1CCC(F)(c2ccc(Cl)cc2)CC1. The number of hydrogen-bond acceptors (Lipinski definition) is 3. The molecular formula is C21H21ClF2N4O2. The highest BCUT2D eigenvalue weighted by Crippen LogP contribution is 2.43. The number of likely N-dealkylation sites (tertiary alicyclic amines) is 1. The molecule has 1 saturated heterocycles. The van der Waals surface area contributed by atoms with E-state index in [-0.39, 0.29) is 63.5 Å². The van der Waals surface area contributed by atoms with Crippen LogP contribution in [0.3, 0.4) is 0 Å². The average molecular weight is 435 g/mol. The van der Waals surface area contributed by atoms with Gasteiger partial charge in [0.1, 0.15) is 5.67 Å². The van der Waals surface area contributed by atoms with Gasteiger partial charge in [0, 0.05) is 36.5 Å². The van der Waals surface area contributed by atoms with Crippen LogP contribution in [0.15, 0.2) is 24.3 Å². The smallest absolute Gasteiger partial charge is 0.274 e. The molecule has 2 aromatic rings. The van der Waals surface area contributed by atoms with Crippen LogP contribution in [0.2, 0.25) is 5.02 Å². The molecule has 1 aliphatic carbocycles. The third-order valence-electron chi connectivity index (χ3n) is 6.42. The summed E-state index contributed by atoms with van der Waals surface area (Å²) in [5.74, 6) is -0.810. The molecular weight excluding hydrogens is 414 g/mol. The van der Waals surface area contributed by atoms with Crippen LogP contribution in [0.25, 0.3) is 0 Å². The number of fused-ring (bicyclic) bond motifs is 1. The van der Waals surface area contributed by atoms with E-state index in [9.17, 15) is 14.0 Å². The molecule has 0 unspecified atom stereocenters. The number of piperidine rings is 1. The predicted molar refractivity (Wildman–Crippen MR) is 105 cm³/mol. The van der Waals surface area contributed by atoms with Crippen molar-refractivity contribution in [3.8, 4) is 0 Å². The molecule has 0 bridgehead atoms. The summed E-state index contributed by atoms with van der Waals surface area (Å²) >= 11 is 5.89. The van der Waals surface area contributed by atoms with Crippen molar-refractivity contribution < 1.29 is 18.4 Å². The molecule has 3 aliphatic rings. The fraction of sp³-hybridized carbons (Fsp3) is 0.476. The Kier molecular flexibility index (Phi) is 4.39. The average Bonchev–Trinajstić information content (AvgIpc) is 3.18. The predicted octanol–water partition coefficient (Wildman–Crippen LogP) is 3.51. The van der Waals surface area contributed by atoms with Crippen LogP contribution >= 0.6 is 11.6 Å². The standard InChI is InChI=1S/C21H21ClF2N4O2/c22-14-3-1-13(2-4-14)20(23)7-9-27(10-8-20)18(29)17-15-11-28(12-16(15)25-26-17)19(30)21(24)5-6-21/h1-4H,5-12H2,(H,25,26). The number of alkyl halides is 2. The van der Waals surface area contributed by atoms with Gasteiger partial charge in [0.2, 0.25) is 0 Å². The fourth-order valence-electron chi connectivity index (χ4n) is 4.32. The van der Waals surface area contributed by atoms with Gasteiger partial charge in [-0.2, -0.15) is 5.10 Å². The Hall–Kier alpha value is -2.48. The molecule has 6 nitrogen and oxygen atoms in total.